The van der Waals surface area contributed by atoms with Gasteiger partial charge in [-0.05, 0) is 69.0 Å². The van der Waals surface area contributed by atoms with Crippen molar-refractivity contribution in [2.24, 2.45) is 0 Å². The number of ether oxygens (including phenoxy) is 1. The molecule has 2 aromatic carbocycles. The molecule has 0 saturated carbocycles. The van der Waals surface area contributed by atoms with Crippen LogP contribution >= 0.6 is 24.8 Å². The van der Waals surface area contributed by atoms with Gasteiger partial charge in [-0.3, -0.25) is 14.6 Å². The third-order valence-corrected chi connectivity index (χ3v) is 8.38. The summed E-state index contributed by atoms with van der Waals surface area (Å²) in [5.74, 6) is -0.838. The van der Waals surface area contributed by atoms with Crippen LogP contribution in [-0.4, -0.2) is 84.7 Å². The van der Waals surface area contributed by atoms with E-state index in [1.165, 1.54) is 4.90 Å². The number of nitrogens with zero attached hydrogens (tertiary/aromatic N) is 3. The Balaban J connectivity index is 0.00000353. The lowest BCUT2D eigenvalue weighted by atomic mass is 9.97. The number of rotatable bonds is 7. The monoisotopic (exact) mass is 683 g/mol. The highest BCUT2D eigenvalue weighted by atomic mass is 35.5. The first kappa shape index (κ1) is 38.9. The highest BCUT2D eigenvalue weighted by Crippen LogP contribution is 2.37. The fourth-order valence-corrected chi connectivity index (χ4v) is 5.63. The highest BCUT2D eigenvalue weighted by molar-refractivity contribution is 5.95. The van der Waals surface area contributed by atoms with Crippen LogP contribution < -0.4 is 0 Å². The smallest absolute Gasteiger partial charge is 0.378 e. The Labute approximate surface area is 273 Å². The Hall–Kier alpha value is -2.31. The molecule has 2 heterocycles. The van der Waals surface area contributed by atoms with Gasteiger partial charge in [0.25, 0.3) is 5.91 Å². The molecule has 2 aromatic rings. The van der Waals surface area contributed by atoms with Crippen LogP contribution in [0.15, 0.2) is 48.6 Å². The van der Waals surface area contributed by atoms with E-state index >= 15 is 0 Å². The number of benzene rings is 2. The maximum absolute atomic E-state index is 13.6. The molecule has 2 aliphatic heterocycles. The van der Waals surface area contributed by atoms with Gasteiger partial charge >= 0.3 is 12.4 Å². The second-order valence-corrected chi connectivity index (χ2v) is 12.1. The van der Waals surface area contributed by atoms with Crippen molar-refractivity contribution in [3.8, 4) is 0 Å². The standard InChI is InChI=1S/C32H39F6N3O2.2ClH/c1-22-7-8-24(15-23(22)2)16-28-20-39(9-5-6-10-40-13-14-43-21-30(40,3)4)11-12-41(28)29(42)25-17-26(31(33,34)35)19-27(18-25)32(36,37)38;;/h5-8,15,17-19,28H,9-14,16,20-21H2,1-4H3;2*1H/b6-5+;;/t28-;;/m1../s1. The van der Waals surface area contributed by atoms with Gasteiger partial charge in [0, 0.05) is 56.4 Å². The number of aryl methyl sites for hydroxylation is 2. The summed E-state index contributed by atoms with van der Waals surface area (Å²) in [6.07, 6.45) is -5.48. The number of hydrogen-bond acceptors (Lipinski definition) is 4. The molecule has 5 nitrogen and oxygen atoms in total. The molecule has 4 rings (SSSR count). The molecule has 45 heavy (non-hydrogen) atoms. The summed E-state index contributed by atoms with van der Waals surface area (Å²) < 4.78 is 86.7. The lowest BCUT2D eigenvalue weighted by Gasteiger charge is -2.42. The molecule has 0 bridgehead atoms. The summed E-state index contributed by atoms with van der Waals surface area (Å²) in [6, 6.07) is 6.56. The van der Waals surface area contributed by atoms with Crippen LogP contribution in [0.4, 0.5) is 26.3 Å². The zero-order valence-electron chi connectivity index (χ0n) is 25.8. The first-order valence-electron chi connectivity index (χ1n) is 14.4. The molecule has 0 spiro atoms. The van der Waals surface area contributed by atoms with Crippen LogP contribution in [0, 0.1) is 13.8 Å². The Morgan fingerprint density at radius 2 is 1.51 bits per heavy atom. The van der Waals surface area contributed by atoms with E-state index in [9.17, 15) is 31.1 Å². The summed E-state index contributed by atoms with van der Waals surface area (Å²) in [7, 11) is 0. The number of morpholine rings is 1. The maximum atomic E-state index is 13.6. The Morgan fingerprint density at radius 1 is 0.889 bits per heavy atom. The van der Waals surface area contributed by atoms with E-state index in [2.05, 4.69) is 35.8 Å². The third kappa shape index (κ3) is 10.1. The Bertz CT molecular complexity index is 1300. The van der Waals surface area contributed by atoms with Crippen molar-refractivity contribution in [3.05, 3.63) is 81.9 Å². The predicted octanol–water partition coefficient (Wildman–Crippen LogP) is 7.22. The summed E-state index contributed by atoms with van der Waals surface area (Å²) in [6.45, 7) is 12.8. The molecule has 13 heteroatoms. The molecule has 0 unspecified atom stereocenters. The van der Waals surface area contributed by atoms with Crippen molar-refractivity contribution in [3.63, 3.8) is 0 Å². The van der Waals surface area contributed by atoms with Crippen LogP contribution in [0.3, 0.4) is 0 Å². The average Bonchev–Trinajstić information content (AvgIpc) is 2.92. The molecular formula is C32H41Cl2F6N3O2. The quantitative estimate of drug-likeness (QED) is 0.228. The van der Waals surface area contributed by atoms with Gasteiger partial charge in [0.2, 0.25) is 0 Å². The minimum absolute atomic E-state index is 0. The maximum Gasteiger partial charge on any atom is 0.416 e. The van der Waals surface area contributed by atoms with Crippen LogP contribution in [0.25, 0.3) is 0 Å². The van der Waals surface area contributed by atoms with E-state index in [1.54, 1.807) is 0 Å². The van der Waals surface area contributed by atoms with Crippen molar-refractivity contribution in [1.82, 2.24) is 14.7 Å². The lowest BCUT2D eigenvalue weighted by Crippen LogP contribution is -2.56. The first-order chi connectivity index (χ1) is 20.0. The summed E-state index contributed by atoms with van der Waals surface area (Å²) in [5.41, 5.74) is -0.580. The number of piperazine rings is 1. The van der Waals surface area contributed by atoms with E-state index in [0.29, 0.717) is 51.4 Å². The molecule has 2 fully saturated rings. The van der Waals surface area contributed by atoms with Crippen LogP contribution in [0.1, 0.15) is 52.0 Å². The van der Waals surface area contributed by atoms with Gasteiger partial charge in [0.05, 0.1) is 24.3 Å². The molecule has 252 valence electrons. The fourth-order valence-electron chi connectivity index (χ4n) is 5.63. The summed E-state index contributed by atoms with van der Waals surface area (Å²) in [4.78, 5) is 19.6. The minimum atomic E-state index is -5.03. The molecule has 1 atom stereocenters. The van der Waals surface area contributed by atoms with E-state index in [-0.39, 0.29) is 43.0 Å². The fraction of sp³-hybridized carbons (Fsp3) is 0.531. The number of hydrogen-bond donors (Lipinski definition) is 0. The number of carbonyl (C=O) groups is 1. The first-order valence-corrected chi connectivity index (χ1v) is 14.4. The van der Waals surface area contributed by atoms with Crippen molar-refractivity contribution >= 4 is 30.7 Å². The highest BCUT2D eigenvalue weighted by Gasteiger charge is 2.39. The molecule has 2 saturated heterocycles. The number of alkyl halides is 6. The second-order valence-electron chi connectivity index (χ2n) is 12.1. The van der Waals surface area contributed by atoms with Gasteiger partial charge in [0.1, 0.15) is 0 Å². The van der Waals surface area contributed by atoms with Gasteiger partial charge in [-0.15, -0.1) is 24.8 Å². The summed E-state index contributed by atoms with van der Waals surface area (Å²) >= 11 is 0. The number of carbonyl (C=O) groups excluding carboxylic acids is 1. The van der Waals surface area contributed by atoms with Crippen LogP contribution in [0.5, 0.6) is 0 Å². The summed E-state index contributed by atoms with van der Waals surface area (Å²) in [5, 5.41) is 0. The minimum Gasteiger partial charge on any atom is -0.378 e. The molecule has 1 amide bonds. The van der Waals surface area contributed by atoms with Gasteiger partial charge in [-0.1, -0.05) is 30.4 Å². The van der Waals surface area contributed by atoms with Crippen molar-refractivity contribution in [1.29, 1.82) is 0 Å². The molecule has 0 N–H and O–H groups in total. The normalized spacial score (nSPS) is 19.7. The number of amides is 1. The van der Waals surface area contributed by atoms with Crippen LogP contribution in [-0.2, 0) is 23.5 Å². The van der Waals surface area contributed by atoms with E-state index in [4.69, 9.17) is 4.74 Å². The third-order valence-electron chi connectivity index (χ3n) is 8.38. The van der Waals surface area contributed by atoms with Crippen molar-refractivity contribution in [2.75, 3.05) is 52.5 Å². The SMILES string of the molecule is Cc1ccc(C[C@@H]2CN(C/C=C/CN3CCOCC3(C)C)CCN2C(=O)c2cc(C(F)(F)F)cc(C(F)(F)F)c2)cc1C.Cl.Cl. The van der Waals surface area contributed by atoms with Gasteiger partial charge in [0.15, 0.2) is 0 Å². The van der Waals surface area contributed by atoms with Gasteiger partial charge in [-0.2, -0.15) is 26.3 Å². The molecule has 0 aromatic heterocycles. The molecular weight excluding hydrogens is 643 g/mol. The van der Waals surface area contributed by atoms with E-state index < -0.39 is 41.0 Å². The van der Waals surface area contributed by atoms with Gasteiger partial charge < -0.3 is 9.64 Å². The van der Waals surface area contributed by atoms with Crippen molar-refractivity contribution in [2.45, 2.75) is 58.0 Å². The van der Waals surface area contributed by atoms with Crippen molar-refractivity contribution < 1.29 is 35.9 Å². The molecule has 2 aliphatic rings. The van der Waals surface area contributed by atoms with E-state index in [1.807, 2.05) is 32.0 Å². The van der Waals surface area contributed by atoms with E-state index in [0.717, 1.165) is 29.8 Å². The van der Waals surface area contributed by atoms with Crippen LogP contribution in [0.2, 0.25) is 0 Å². The predicted molar refractivity (Wildman–Crippen MR) is 167 cm³/mol. The molecule has 0 aliphatic carbocycles. The zero-order chi connectivity index (χ0) is 31.6. The zero-order valence-corrected chi connectivity index (χ0v) is 27.4. The topological polar surface area (TPSA) is 36.0 Å². The van der Waals surface area contributed by atoms with Gasteiger partial charge in [-0.25, -0.2) is 0 Å². The Kier molecular flexibility index (Phi) is 13.4. The lowest BCUT2D eigenvalue weighted by molar-refractivity contribution is -0.143. The largest absolute Gasteiger partial charge is 0.416 e. The number of halogens is 8. The second kappa shape index (κ2) is 15.5. The Morgan fingerprint density at radius 3 is 2.09 bits per heavy atom. The molecule has 0 radical (unpaired) electrons. The average molecular weight is 685 g/mol.